The first-order valence-electron chi connectivity index (χ1n) is 7.64. The third-order valence-electron chi connectivity index (χ3n) is 4.02. The van der Waals surface area contributed by atoms with Crippen LogP contribution in [0.2, 0.25) is 0 Å². The molecule has 1 saturated heterocycles. The lowest BCUT2D eigenvalue weighted by Gasteiger charge is -2.29. The number of benzene rings is 1. The lowest BCUT2D eigenvalue weighted by molar-refractivity contribution is 0.127. The second-order valence-corrected chi connectivity index (χ2v) is 10.0. The number of aliphatic hydroxyl groups is 1. The van der Waals surface area contributed by atoms with Gasteiger partial charge in [0.15, 0.2) is 9.84 Å². The summed E-state index contributed by atoms with van der Waals surface area (Å²) in [6.07, 6.45) is 0.196. The summed E-state index contributed by atoms with van der Waals surface area (Å²) in [5, 5.41) is 10.1. The Balaban J connectivity index is 2.39. The zero-order valence-corrected chi connectivity index (χ0v) is 15.0. The van der Waals surface area contributed by atoms with Crippen molar-refractivity contribution in [2.45, 2.75) is 43.7 Å². The maximum absolute atomic E-state index is 12.9. The standard InChI is InChI=1S/C15H23NO5S2/c1-3-4-9-16(14-10-22(18,19)11-15(14)17)23(20,21)13-7-5-12(2)6-8-13/h5-8,14-15,17H,3-4,9-11H2,1-2H3. The Morgan fingerprint density at radius 3 is 2.30 bits per heavy atom. The molecule has 1 N–H and O–H groups in total. The van der Waals surface area contributed by atoms with E-state index in [2.05, 4.69) is 0 Å². The molecule has 0 spiro atoms. The average molecular weight is 361 g/mol. The first kappa shape index (κ1) is 18.4. The third-order valence-corrected chi connectivity index (χ3v) is 7.66. The largest absolute Gasteiger partial charge is 0.390 e. The average Bonchev–Trinajstić information content (AvgIpc) is 2.72. The lowest BCUT2D eigenvalue weighted by atomic mass is 10.2. The zero-order chi connectivity index (χ0) is 17.3. The van der Waals surface area contributed by atoms with Gasteiger partial charge in [-0.1, -0.05) is 31.0 Å². The third kappa shape index (κ3) is 4.12. The molecule has 1 heterocycles. The highest BCUT2D eigenvalue weighted by atomic mass is 32.2. The molecule has 0 radical (unpaired) electrons. The van der Waals surface area contributed by atoms with E-state index in [0.29, 0.717) is 6.42 Å². The molecule has 130 valence electrons. The summed E-state index contributed by atoms with van der Waals surface area (Å²) < 4.78 is 50.5. The Hall–Kier alpha value is -0.960. The minimum Gasteiger partial charge on any atom is -0.390 e. The van der Waals surface area contributed by atoms with E-state index in [1.54, 1.807) is 12.1 Å². The van der Waals surface area contributed by atoms with Gasteiger partial charge in [-0.3, -0.25) is 0 Å². The van der Waals surface area contributed by atoms with E-state index < -0.39 is 32.0 Å². The van der Waals surface area contributed by atoms with Gasteiger partial charge in [-0.05, 0) is 25.5 Å². The van der Waals surface area contributed by atoms with Crippen LogP contribution in [0.4, 0.5) is 0 Å². The van der Waals surface area contributed by atoms with Crippen molar-refractivity contribution in [3.05, 3.63) is 29.8 Å². The number of aryl methyl sites for hydroxylation is 1. The van der Waals surface area contributed by atoms with Crippen molar-refractivity contribution in [2.24, 2.45) is 0 Å². The van der Waals surface area contributed by atoms with Gasteiger partial charge in [0.2, 0.25) is 10.0 Å². The molecule has 0 amide bonds. The number of sulfonamides is 1. The number of hydrogen-bond donors (Lipinski definition) is 1. The molecule has 0 bridgehead atoms. The molecule has 1 aromatic carbocycles. The molecule has 0 aliphatic carbocycles. The van der Waals surface area contributed by atoms with Gasteiger partial charge >= 0.3 is 0 Å². The number of rotatable bonds is 6. The van der Waals surface area contributed by atoms with Gasteiger partial charge in [0.1, 0.15) is 0 Å². The molecule has 2 rings (SSSR count). The Kier molecular flexibility index (Phi) is 5.50. The molecular formula is C15H23NO5S2. The van der Waals surface area contributed by atoms with Gasteiger partial charge in [-0.15, -0.1) is 0 Å². The first-order valence-corrected chi connectivity index (χ1v) is 10.9. The highest BCUT2D eigenvalue weighted by Crippen LogP contribution is 2.26. The fourth-order valence-electron chi connectivity index (χ4n) is 2.71. The summed E-state index contributed by atoms with van der Waals surface area (Å²) in [5.41, 5.74) is 0.938. The van der Waals surface area contributed by atoms with E-state index in [1.165, 1.54) is 12.1 Å². The zero-order valence-electron chi connectivity index (χ0n) is 13.3. The first-order chi connectivity index (χ1) is 10.7. The predicted molar refractivity (Wildman–Crippen MR) is 88.4 cm³/mol. The summed E-state index contributed by atoms with van der Waals surface area (Å²) in [6.45, 7) is 3.99. The minimum atomic E-state index is -3.85. The van der Waals surface area contributed by atoms with Crippen molar-refractivity contribution in [2.75, 3.05) is 18.1 Å². The molecule has 1 aliphatic rings. The topological polar surface area (TPSA) is 91.8 Å². The van der Waals surface area contributed by atoms with Gasteiger partial charge in [0, 0.05) is 6.54 Å². The highest BCUT2D eigenvalue weighted by molar-refractivity contribution is 7.92. The maximum atomic E-state index is 12.9. The lowest BCUT2D eigenvalue weighted by Crippen LogP contribution is -2.47. The maximum Gasteiger partial charge on any atom is 0.243 e. The van der Waals surface area contributed by atoms with Gasteiger partial charge in [-0.25, -0.2) is 16.8 Å². The molecule has 0 saturated carbocycles. The molecule has 0 aromatic heterocycles. The molecule has 8 heteroatoms. The van der Waals surface area contributed by atoms with Crippen LogP contribution in [0.3, 0.4) is 0 Å². The van der Waals surface area contributed by atoms with Crippen LogP contribution in [0.15, 0.2) is 29.2 Å². The molecule has 23 heavy (non-hydrogen) atoms. The van der Waals surface area contributed by atoms with Crippen LogP contribution >= 0.6 is 0 Å². The number of nitrogens with zero attached hydrogens (tertiary/aromatic N) is 1. The van der Waals surface area contributed by atoms with E-state index in [-0.39, 0.29) is 22.9 Å². The van der Waals surface area contributed by atoms with Crippen molar-refractivity contribution in [3.8, 4) is 0 Å². The molecule has 1 aromatic rings. The monoisotopic (exact) mass is 361 g/mol. The summed E-state index contributed by atoms with van der Waals surface area (Å²) in [4.78, 5) is 0.121. The van der Waals surface area contributed by atoms with E-state index >= 15 is 0 Å². The highest BCUT2D eigenvalue weighted by Gasteiger charge is 2.44. The molecular weight excluding hydrogens is 338 g/mol. The molecule has 1 fully saturated rings. The minimum absolute atomic E-state index is 0.121. The van der Waals surface area contributed by atoms with Gasteiger partial charge in [0.25, 0.3) is 0 Å². The predicted octanol–water partition coefficient (Wildman–Crippen LogP) is 0.944. The van der Waals surface area contributed by atoms with Crippen LogP contribution in [-0.4, -0.2) is 56.4 Å². The van der Waals surface area contributed by atoms with Crippen molar-refractivity contribution in [1.29, 1.82) is 0 Å². The summed E-state index contributed by atoms with van der Waals surface area (Å²) >= 11 is 0. The molecule has 1 aliphatic heterocycles. The van der Waals surface area contributed by atoms with Crippen LogP contribution in [0.5, 0.6) is 0 Å². The van der Waals surface area contributed by atoms with Crippen LogP contribution in [-0.2, 0) is 19.9 Å². The van der Waals surface area contributed by atoms with Crippen LogP contribution < -0.4 is 0 Å². The van der Waals surface area contributed by atoms with E-state index in [9.17, 15) is 21.9 Å². The summed E-state index contributed by atoms with van der Waals surface area (Å²) in [6, 6.07) is 5.51. The van der Waals surface area contributed by atoms with Crippen molar-refractivity contribution in [3.63, 3.8) is 0 Å². The Morgan fingerprint density at radius 1 is 1.22 bits per heavy atom. The van der Waals surface area contributed by atoms with Crippen LogP contribution in [0, 0.1) is 6.92 Å². The fraction of sp³-hybridized carbons (Fsp3) is 0.600. The second-order valence-electron chi connectivity index (χ2n) is 5.99. The molecule has 6 nitrogen and oxygen atoms in total. The Morgan fingerprint density at radius 2 is 1.83 bits per heavy atom. The number of sulfone groups is 1. The van der Waals surface area contributed by atoms with Crippen LogP contribution in [0.1, 0.15) is 25.3 Å². The number of hydrogen-bond acceptors (Lipinski definition) is 5. The van der Waals surface area contributed by atoms with Gasteiger partial charge in [-0.2, -0.15) is 4.31 Å². The molecule has 2 unspecified atom stereocenters. The van der Waals surface area contributed by atoms with E-state index in [0.717, 1.165) is 16.3 Å². The second kappa shape index (κ2) is 6.88. The smallest absolute Gasteiger partial charge is 0.243 e. The van der Waals surface area contributed by atoms with Crippen molar-refractivity contribution >= 4 is 19.9 Å². The Labute approximate surface area is 138 Å². The fourth-order valence-corrected chi connectivity index (χ4v) is 6.30. The van der Waals surface area contributed by atoms with Gasteiger partial charge < -0.3 is 5.11 Å². The summed E-state index contributed by atoms with van der Waals surface area (Å²) in [5.74, 6) is -0.716. The van der Waals surface area contributed by atoms with Crippen molar-refractivity contribution < 1.29 is 21.9 Å². The molecule has 2 atom stereocenters. The van der Waals surface area contributed by atoms with Gasteiger partial charge in [0.05, 0.1) is 28.5 Å². The normalized spacial score (nSPS) is 24.2. The Bertz CT molecular complexity index is 741. The quantitative estimate of drug-likeness (QED) is 0.814. The van der Waals surface area contributed by atoms with Crippen LogP contribution in [0.25, 0.3) is 0 Å². The number of aliphatic hydroxyl groups excluding tert-OH is 1. The SMILES string of the molecule is CCCCN(C1CS(=O)(=O)CC1O)S(=O)(=O)c1ccc(C)cc1. The van der Waals surface area contributed by atoms with E-state index in [1.807, 2.05) is 13.8 Å². The van der Waals surface area contributed by atoms with Crippen molar-refractivity contribution in [1.82, 2.24) is 4.31 Å². The van der Waals surface area contributed by atoms with E-state index in [4.69, 9.17) is 0 Å². The number of unbranched alkanes of at least 4 members (excludes halogenated alkanes) is 1. The summed E-state index contributed by atoms with van der Waals surface area (Å²) in [7, 11) is -7.27.